The highest BCUT2D eigenvalue weighted by Gasteiger charge is 2.24. The van der Waals surface area contributed by atoms with E-state index in [4.69, 9.17) is 10.3 Å². The monoisotopic (exact) mass is 273 g/mol. The van der Waals surface area contributed by atoms with Crippen LogP contribution in [0.15, 0.2) is 4.52 Å². The number of rotatable bonds is 5. The fourth-order valence-electron chi connectivity index (χ4n) is 2.21. The Hall–Kier alpha value is -0.950. The summed E-state index contributed by atoms with van der Waals surface area (Å²) in [7, 11) is -3.01. The Balaban J connectivity index is 1.96. The lowest BCUT2D eigenvalue weighted by atomic mass is 10.1. The number of sulfone groups is 1. The predicted octanol–water partition coefficient (Wildman–Crippen LogP) is 1.16. The van der Waals surface area contributed by atoms with Gasteiger partial charge in [-0.3, -0.25) is 0 Å². The van der Waals surface area contributed by atoms with Crippen LogP contribution in [0.2, 0.25) is 0 Å². The number of nitrogens with zero attached hydrogens (tertiary/aromatic N) is 2. The largest absolute Gasteiger partial charge is 0.338 e. The predicted molar refractivity (Wildman–Crippen MR) is 66.8 cm³/mol. The molecule has 2 rings (SSSR count). The van der Waals surface area contributed by atoms with Crippen LogP contribution in [0.4, 0.5) is 0 Å². The summed E-state index contributed by atoms with van der Waals surface area (Å²) in [4.78, 5) is 4.30. The molecule has 0 saturated heterocycles. The molecule has 0 amide bonds. The molecular formula is C11H19N3O3S. The van der Waals surface area contributed by atoms with Crippen molar-refractivity contribution in [2.75, 3.05) is 12.0 Å². The first-order valence-electron chi connectivity index (χ1n) is 6.22. The molecule has 7 heteroatoms. The third kappa shape index (κ3) is 3.52. The second-order valence-electron chi connectivity index (χ2n) is 5.00. The average molecular weight is 273 g/mol. The molecule has 1 heterocycles. The molecule has 1 fully saturated rings. The maximum atomic E-state index is 11.1. The van der Waals surface area contributed by atoms with Crippen LogP contribution in [0.25, 0.3) is 0 Å². The first kappa shape index (κ1) is 13.5. The van der Waals surface area contributed by atoms with Gasteiger partial charge in [0.2, 0.25) is 5.89 Å². The molecular weight excluding hydrogens is 254 g/mol. The summed E-state index contributed by atoms with van der Waals surface area (Å²) >= 11 is 0. The molecule has 102 valence electrons. The summed E-state index contributed by atoms with van der Waals surface area (Å²) in [6, 6.07) is -0.498. The van der Waals surface area contributed by atoms with Crippen LogP contribution in [0.1, 0.15) is 55.8 Å². The van der Waals surface area contributed by atoms with Gasteiger partial charge in [0.25, 0.3) is 0 Å². The molecule has 1 saturated carbocycles. The van der Waals surface area contributed by atoms with Gasteiger partial charge in [-0.1, -0.05) is 18.0 Å². The maximum absolute atomic E-state index is 11.1. The molecule has 1 atom stereocenters. The first-order valence-corrected chi connectivity index (χ1v) is 8.28. The minimum atomic E-state index is -3.01. The van der Waals surface area contributed by atoms with Crippen molar-refractivity contribution in [2.45, 2.75) is 44.1 Å². The van der Waals surface area contributed by atoms with Crippen LogP contribution in [0.3, 0.4) is 0 Å². The van der Waals surface area contributed by atoms with Gasteiger partial charge in [0.15, 0.2) is 5.82 Å². The quantitative estimate of drug-likeness (QED) is 0.864. The first-order chi connectivity index (χ1) is 8.46. The molecule has 2 N–H and O–H groups in total. The molecule has 0 aliphatic heterocycles. The van der Waals surface area contributed by atoms with Crippen molar-refractivity contribution in [3.05, 3.63) is 11.7 Å². The number of hydrogen-bond acceptors (Lipinski definition) is 6. The van der Waals surface area contributed by atoms with Crippen LogP contribution >= 0.6 is 0 Å². The third-order valence-corrected chi connectivity index (χ3v) is 4.27. The smallest absolute Gasteiger partial charge is 0.243 e. The minimum Gasteiger partial charge on any atom is -0.338 e. The maximum Gasteiger partial charge on any atom is 0.243 e. The highest BCUT2D eigenvalue weighted by Crippen LogP contribution is 2.32. The molecule has 18 heavy (non-hydrogen) atoms. The van der Waals surface area contributed by atoms with Gasteiger partial charge in [-0.15, -0.1) is 0 Å². The zero-order chi connectivity index (χ0) is 13.2. The van der Waals surface area contributed by atoms with Crippen molar-refractivity contribution in [1.82, 2.24) is 10.1 Å². The normalized spacial score (nSPS) is 19.2. The molecule has 6 nitrogen and oxygen atoms in total. The Morgan fingerprint density at radius 3 is 2.72 bits per heavy atom. The van der Waals surface area contributed by atoms with Gasteiger partial charge in [-0.2, -0.15) is 4.98 Å². The van der Waals surface area contributed by atoms with Crippen LogP contribution in [0, 0.1) is 0 Å². The van der Waals surface area contributed by atoms with Crippen molar-refractivity contribution in [3.8, 4) is 0 Å². The van der Waals surface area contributed by atoms with Gasteiger partial charge in [0, 0.05) is 12.2 Å². The Kier molecular flexibility index (Phi) is 4.01. The van der Waals surface area contributed by atoms with E-state index in [0.717, 1.165) is 18.7 Å². The zero-order valence-corrected chi connectivity index (χ0v) is 11.3. The lowest BCUT2D eigenvalue weighted by Crippen LogP contribution is -2.16. The van der Waals surface area contributed by atoms with Gasteiger partial charge in [-0.25, -0.2) is 8.42 Å². The summed E-state index contributed by atoms with van der Waals surface area (Å²) in [5.41, 5.74) is 5.85. The second-order valence-corrected chi connectivity index (χ2v) is 7.26. The number of hydrogen-bond donors (Lipinski definition) is 1. The van der Waals surface area contributed by atoms with E-state index in [0.29, 0.717) is 18.2 Å². The van der Waals surface area contributed by atoms with Crippen LogP contribution in [-0.2, 0) is 9.84 Å². The Morgan fingerprint density at radius 2 is 2.11 bits per heavy atom. The summed E-state index contributed by atoms with van der Waals surface area (Å²) in [6.07, 6.45) is 6.10. The van der Waals surface area contributed by atoms with E-state index >= 15 is 0 Å². The van der Waals surface area contributed by atoms with Gasteiger partial charge < -0.3 is 10.3 Å². The summed E-state index contributed by atoms with van der Waals surface area (Å²) < 4.78 is 27.2. The van der Waals surface area contributed by atoms with Gasteiger partial charge >= 0.3 is 0 Å². The minimum absolute atomic E-state index is 0.0370. The Bertz CT molecular complexity index is 491. The topological polar surface area (TPSA) is 99.1 Å². The molecule has 0 radical (unpaired) electrons. The van der Waals surface area contributed by atoms with Crippen molar-refractivity contribution < 1.29 is 12.9 Å². The molecule has 0 bridgehead atoms. The molecule has 1 aromatic heterocycles. The molecule has 1 unspecified atom stereocenters. The third-order valence-electron chi connectivity index (χ3n) is 3.29. The molecule has 1 aliphatic carbocycles. The fourth-order valence-corrected chi connectivity index (χ4v) is 2.89. The lowest BCUT2D eigenvalue weighted by Gasteiger charge is -2.05. The highest BCUT2D eigenvalue weighted by atomic mass is 32.2. The van der Waals surface area contributed by atoms with Crippen LogP contribution in [0.5, 0.6) is 0 Å². The van der Waals surface area contributed by atoms with Crippen LogP contribution < -0.4 is 5.73 Å². The molecule has 0 aromatic carbocycles. The Morgan fingerprint density at radius 1 is 1.44 bits per heavy atom. The van der Waals surface area contributed by atoms with E-state index in [1.165, 1.54) is 19.1 Å². The summed E-state index contributed by atoms with van der Waals surface area (Å²) in [5.74, 6) is 1.48. The zero-order valence-electron chi connectivity index (χ0n) is 10.5. The standard InChI is InChI=1S/C11H19N3O3S/c1-18(15,16)7-6-9(12)11-13-10(14-17-11)8-4-2-3-5-8/h8-9H,2-7,12H2,1H3. The SMILES string of the molecule is CS(=O)(=O)CCC(N)c1nc(C2CCCC2)no1. The average Bonchev–Trinajstić information content (AvgIpc) is 2.94. The van der Waals surface area contributed by atoms with Crippen molar-refractivity contribution in [1.29, 1.82) is 0 Å². The van der Waals surface area contributed by atoms with Gasteiger partial charge in [-0.05, 0) is 19.3 Å². The van der Waals surface area contributed by atoms with Crippen LogP contribution in [-0.4, -0.2) is 30.6 Å². The lowest BCUT2D eigenvalue weighted by molar-refractivity contribution is 0.346. The number of nitrogens with two attached hydrogens (primary N) is 1. The van der Waals surface area contributed by atoms with E-state index in [9.17, 15) is 8.42 Å². The molecule has 1 aromatic rings. The van der Waals surface area contributed by atoms with E-state index in [2.05, 4.69) is 10.1 Å². The van der Waals surface area contributed by atoms with E-state index in [-0.39, 0.29) is 5.75 Å². The fraction of sp³-hybridized carbons (Fsp3) is 0.818. The summed E-state index contributed by atoms with van der Waals surface area (Å²) in [6.45, 7) is 0. The van der Waals surface area contributed by atoms with E-state index in [1.54, 1.807) is 0 Å². The van der Waals surface area contributed by atoms with E-state index in [1.807, 2.05) is 0 Å². The highest BCUT2D eigenvalue weighted by molar-refractivity contribution is 7.90. The van der Waals surface area contributed by atoms with Crippen molar-refractivity contribution in [3.63, 3.8) is 0 Å². The molecule has 1 aliphatic rings. The van der Waals surface area contributed by atoms with Crippen molar-refractivity contribution in [2.24, 2.45) is 5.73 Å². The van der Waals surface area contributed by atoms with Gasteiger partial charge in [0.05, 0.1) is 11.8 Å². The van der Waals surface area contributed by atoms with Crippen molar-refractivity contribution >= 4 is 9.84 Å². The summed E-state index contributed by atoms with van der Waals surface area (Å²) in [5, 5.41) is 3.95. The molecule has 0 spiro atoms. The second kappa shape index (κ2) is 5.36. The van der Waals surface area contributed by atoms with Gasteiger partial charge in [0.1, 0.15) is 9.84 Å². The number of aromatic nitrogens is 2. The Labute approximate surface area is 107 Å². The van der Waals surface area contributed by atoms with E-state index < -0.39 is 15.9 Å².